The van der Waals surface area contributed by atoms with Crippen LogP contribution in [0.2, 0.25) is 5.02 Å². The molecule has 27 heavy (non-hydrogen) atoms. The fraction of sp³-hybridized carbons (Fsp3) is 0.188. The summed E-state index contributed by atoms with van der Waals surface area (Å²) in [4.78, 5) is 24.7. The van der Waals surface area contributed by atoms with Crippen molar-refractivity contribution in [3.8, 4) is 5.95 Å². The van der Waals surface area contributed by atoms with Gasteiger partial charge in [-0.15, -0.1) is 0 Å². The summed E-state index contributed by atoms with van der Waals surface area (Å²) >= 11 is 5.81. The summed E-state index contributed by atoms with van der Waals surface area (Å²) in [5.74, 6) is -0.586. The molecule has 2 aromatic heterocycles. The third-order valence-electron chi connectivity index (χ3n) is 3.86. The van der Waals surface area contributed by atoms with Crippen LogP contribution in [0.3, 0.4) is 0 Å². The van der Waals surface area contributed by atoms with Gasteiger partial charge in [0.15, 0.2) is 9.84 Å². The standard InChI is InChI=1S/C16H15ClN6O3S/c1-16(2,27(25,26)12-6-4-11(17)5-7-12)13(24)22-15-20-10-21-23(15)14-18-8-3-9-19-14/h3-10H,1-2H3,(H,20,21,22,24). The van der Waals surface area contributed by atoms with Gasteiger partial charge in [0.2, 0.25) is 11.9 Å². The molecule has 1 N–H and O–H groups in total. The Morgan fingerprint density at radius 3 is 2.37 bits per heavy atom. The van der Waals surface area contributed by atoms with Gasteiger partial charge in [-0.2, -0.15) is 14.8 Å². The van der Waals surface area contributed by atoms with Gasteiger partial charge in [-0.25, -0.2) is 18.4 Å². The normalized spacial score (nSPS) is 12.0. The summed E-state index contributed by atoms with van der Waals surface area (Å²) in [6.07, 6.45) is 4.21. The number of nitrogens with one attached hydrogen (secondary N) is 1. The van der Waals surface area contributed by atoms with Crippen LogP contribution in [0.15, 0.2) is 53.9 Å². The Morgan fingerprint density at radius 1 is 1.11 bits per heavy atom. The van der Waals surface area contributed by atoms with Crippen LogP contribution >= 0.6 is 11.6 Å². The molecule has 0 fully saturated rings. The third kappa shape index (κ3) is 3.53. The van der Waals surface area contributed by atoms with Crippen molar-refractivity contribution in [3.05, 3.63) is 54.1 Å². The highest BCUT2D eigenvalue weighted by Crippen LogP contribution is 2.27. The highest BCUT2D eigenvalue weighted by Gasteiger charge is 2.43. The third-order valence-corrected chi connectivity index (χ3v) is 6.53. The van der Waals surface area contributed by atoms with E-state index in [1.807, 2.05) is 0 Å². The number of anilines is 1. The first-order valence-corrected chi connectivity index (χ1v) is 9.58. The van der Waals surface area contributed by atoms with Gasteiger partial charge in [0, 0.05) is 17.4 Å². The summed E-state index contributed by atoms with van der Waals surface area (Å²) in [5.41, 5.74) is 0. The number of amides is 1. The highest BCUT2D eigenvalue weighted by molar-refractivity contribution is 7.93. The molecule has 0 saturated carbocycles. The van der Waals surface area contributed by atoms with Crippen LogP contribution in [0.5, 0.6) is 0 Å². The van der Waals surface area contributed by atoms with E-state index in [9.17, 15) is 13.2 Å². The molecule has 0 spiro atoms. The van der Waals surface area contributed by atoms with Crippen molar-refractivity contribution in [1.29, 1.82) is 0 Å². The first-order valence-electron chi connectivity index (χ1n) is 7.72. The molecule has 0 aliphatic heterocycles. The maximum absolute atomic E-state index is 12.9. The molecule has 0 bridgehead atoms. The minimum absolute atomic E-state index is 0.00517. The Bertz CT molecular complexity index is 1070. The molecule has 140 valence electrons. The van der Waals surface area contributed by atoms with Gasteiger partial charge in [-0.3, -0.25) is 10.1 Å². The van der Waals surface area contributed by atoms with Gasteiger partial charge in [0.1, 0.15) is 11.1 Å². The first kappa shape index (κ1) is 18.9. The predicted molar refractivity (Wildman–Crippen MR) is 98.3 cm³/mol. The largest absolute Gasteiger partial charge is 0.293 e. The molecule has 0 aliphatic rings. The molecule has 0 aliphatic carbocycles. The van der Waals surface area contributed by atoms with E-state index in [0.29, 0.717) is 5.02 Å². The Kier molecular flexibility index (Phi) is 4.94. The van der Waals surface area contributed by atoms with Crippen molar-refractivity contribution >= 4 is 33.3 Å². The average molecular weight is 407 g/mol. The molecule has 2 heterocycles. The zero-order valence-corrected chi connectivity index (χ0v) is 15.9. The van der Waals surface area contributed by atoms with E-state index >= 15 is 0 Å². The van der Waals surface area contributed by atoms with Crippen molar-refractivity contribution in [1.82, 2.24) is 24.7 Å². The molecule has 3 rings (SSSR count). The lowest BCUT2D eigenvalue weighted by Crippen LogP contribution is -2.44. The van der Waals surface area contributed by atoms with E-state index in [2.05, 4.69) is 25.4 Å². The van der Waals surface area contributed by atoms with E-state index in [4.69, 9.17) is 11.6 Å². The zero-order chi connectivity index (χ0) is 19.7. The molecule has 1 amide bonds. The number of hydrogen-bond donors (Lipinski definition) is 1. The van der Waals surface area contributed by atoms with Crippen LogP contribution in [0.4, 0.5) is 5.95 Å². The Labute approximate surface area is 160 Å². The summed E-state index contributed by atoms with van der Waals surface area (Å²) in [7, 11) is -3.99. The second kappa shape index (κ2) is 7.05. The van der Waals surface area contributed by atoms with Crippen LogP contribution < -0.4 is 5.32 Å². The van der Waals surface area contributed by atoms with Gasteiger partial charge in [-0.05, 0) is 44.2 Å². The summed E-state index contributed by atoms with van der Waals surface area (Å²) in [6.45, 7) is 2.62. The average Bonchev–Trinajstić information content (AvgIpc) is 3.10. The summed E-state index contributed by atoms with van der Waals surface area (Å²) in [5, 5.41) is 6.83. The molecular formula is C16H15ClN6O3S. The van der Waals surface area contributed by atoms with Crippen LogP contribution in [0.1, 0.15) is 13.8 Å². The first-order chi connectivity index (χ1) is 12.7. The topological polar surface area (TPSA) is 120 Å². The molecule has 3 aromatic rings. The lowest BCUT2D eigenvalue weighted by atomic mass is 10.2. The summed E-state index contributed by atoms with van der Waals surface area (Å²) < 4.78 is 25.3. The molecule has 11 heteroatoms. The highest BCUT2D eigenvalue weighted by atomic mass is 35.5. The smallest absolute Gasteiger partial charge is 0.253 e. The van der Waals surface area contributed by atoms with E-state index in [0.717, 1.165) is 0 Å². The van der Waals surface area contributed by atoms with Gasteiger partial charge in [0.25, 0.3) is 5.95 Å². The van der Waals surface area contributed by atoms with Crippen LogP contribution in [0.25, 0.3) is 5.95 Å². The van der Waals surface area contributed by atoms with Gasteiger partial charge in [-0.1, -0.05) is 11.6 Å². The number of halogens is 1. The maximum atomic E-state index is 12.9. The summed E-state index contributed by atoms with van der Waals surface area (Å²) in [6, 6.07) is 7.23. The molecule has 0 unspecified atom stereocenters. The predicted octanol–water partition coefficient (Wildman–Crippen LogP) is 1.90. The van der Waals surface area contributed by atoms with Crippen LogP contribution in [-0.2, 0) is 14.6 Å². The van der Waals surface area contributed by atoms with E-state index in [1.54, 1.807) is 6.07 Å². The van der Waals surface area contributed by atoms with Crippen molar-refractivity contribution in [3.63, 3.8) is 0 Å². The van der Waals surface area contributed by atoms with Gasteiger partial charge >= 0.3 is 0 Å². The van der Waals surface area contributed by atoms with E-state index in [1.165, 1.54) is 61.5 Å². The second-order valence-corrected chi connectivity index (χ2v) is 8.90. The van der Waals surface area contributed by atoms with E-state index in [-0.39, 0.29) is 16.8 Å². The monoisotopic (exact) mass is 406 g/mol. The van der Waals surface area contributed by atoms with E-state index < -0.39 is 20.5 Å². The number of carbonyl (C=O) groups excluding carboxylic acids is 1. The van der Waals surface area contributed by atoms with Gasteiger partial charge in [0.05, 0.1) is 4.90 Å². The number of benzene rings is 1. The van der Waals surface area contributed by atoms with Crippen LogP contribution in [-0.4, -0.2) is 43.8 Å². The molecule has 0 radical (unpaired) electrons. The fourth-order valence-corrected chi connectivity index (χ4v) is 3.66. The molecule has 1 aromatic carbocycles. The lowest BCUT2D eigenvalue weighted by Gasteiger charge is -2.23. The maximum Gasteiger partial charge on any atom is 0.253 e. The second-order valence-electron chi connectivity index (χ2n) is 5.97. The minimum Gasteiger partial charge on any atom is -0.293 e. The Hall–Kier alpha value is -2.85. The molecule has 9 nitrogen and oxygen atoms in total. The Morgan fingerprint density at radius 2 is 1.74 bits per heavy atom. The zero-order valence-electron chi connectivity index (χ0n) is 14.4. The number of rotatable bonds is 5. The van der Waals surface area contributed by atoms with Crippen molar-refractivity contribution in [2.75, 3.05) is 5.32 Å². The molecule has 0 atom stereocenters. The number of aromatic nitrogens is 5. The minimum atomic E-state index is -3.99. The quantitative estimate of drug-likeness (QED) is 0.686. The number of hydrogen-bond acceptors (Lipinski definition) is 7. The fourth-order valence-electron chi connectivity index (χ4n) is 2.16. The van der Waals surface area contributed by atoms with Gasteiger partial charge < -0.3 is 0 Å². The number of sulfone groups is 1. The van der Waals surface area contributed by atoms with Crippen LogP contribution in [0, 0.1) is 0 Å². The van der Waals surface area contributed by atoms with Crippen molar-refractivity contribution in [2.45, 2.75) is 23.5 Å². The van der Waals surface area contributed by atoms with Crippen molar-refractivity contribution in [2.24, 2.45) is 0 Å². The number of nitrogens with zero attached hydrogens (tertiary/aromatic N) is 5. The van der Waals surface area contributed by atoms with Crippen molar-refractivity contribution < 1.29 is 13.2 Å². The molecule has 0 saturated heterocycles. The molecular weight excluding hydrogens is 392 g/mol. The SMILES string of the molecule is CC(C)(C(=O)Nc1ncnn1-c1ncccn1)S(=O)(=O)c1ccc(Cl)cc1. The lowest BCUT2D eigenvalue weighted by molar-refractivity contribution is -0.117. The number of carbonyl (C=O) groups is 1. The Balaban J connectivity index is 1.90.